The first-order valence-corrected chi connectivity index (χ1v) is 12.2. The Bertz CT molecular complexity index is 1280. The van der Waals surface area contributed by atoms with Crippen molar-refractivity contribution in [3.8, 4) is 17.1 Å². The highest BCUT2D eigenvalue weighted by atomic mass is 19.1. The number of halogens is 1. The molecule has 1 fully saturated rings. The first-order chi connectivity index (χ1) is 17.5. The topological polar surface area (TPSA) is 89.7 Å². The van der Waals surface area contributed by atoms with E-state index in [0.717, 1.165) is 30.5 Å². The number of allylic oxidation sites excluding steroid dienone is 1. The van der Waals surface area contributed by atoms with E-state index in [1.54, 1.807) is 11.0 Å². The van der Waals surface area contributed by atoms with Crippen molar-refractivity contribution >= 4 is 11.6 Å². The van der Waals surface area contributed by atoms with E-state index in [1.807, 2.05) is 31.2 Å². The maximum atomic E-state index is 14.3. The molecule has 8 nitrogen and oxygen atoms in total. The van der Waals surface area contributed by atoms with Crippen LogP contribution in [0.2, 0.25) is 0 Å². The van der Waals surface area contributed by atoms with Crippen molar-refractivity contribution in [3.63, 3.8) is 0 Å². The van der Waals surface area contributed by atoms with E-state index < -0.39 is 11.9 Å². The van der Waals surface area contributed by atoms with Gasteiger partial charge < -0.3 is 19.3 Å². The molecule has 3 heterocycles. The van der Waals surface area contributed by atoms with Crippen LogP contribution < -0.4 is 10.1 Å². The van der Waals surface area contributed by atoms with Crippen molar-refractivity contribution < 1.29 is 23.2 Å². The van der Waals surface area contributed by atoms with Gasteiger partial charge in [-0.2, -0.15) is 4.98 Å². The van der Waals surface area contributed by atoms with Gasteiger partial charge in [0.1, 0.15) is 0 Å². The van der Waals surface area contributed by atoms with Gasteiger partial charge in [0.05, 0.1) is 31.4 Å². The predicted molar refractivity (Wildman–Crippen MR) is 132 cm³/mol. The Labute approximate surface area is 209 Å². The molecule has 0 aliphatic carbocycles. The quantitative estimate of drug-likeness (QED) is 0.492. The van der Waals surface area contributed by atoms with Crippen LogP contribution in [0.15, 0.2) is 52.7 Å². The second-order valence-corrected chi connectivity index (χ2v) is 8.99. The van der Waals surface area contributed by atoms with Crippen molar-refractivity contribution in [1.82, 2.24) is 20.4 Å². The van der Waals surface area contributed by atoms with Crippen LogP contribution in [0.4, 0.5) is 9.18 Å². The van der Waals surface area contributed by atoms with E-state index in [0.29, 0.717) is 24.3 Å². The molecule has 2 aliphatic heterocycles. The minimum absolute atomic E-state index is 0.0205. The molecule has 1 N–H and O–H groups in total. The summed E-state index contributed by atoms with van der Waals surface area (Å²) in [6, 6.07) is 11.9. The third kappa shape index (κ3) is 4.58. The fourth-order valence-electron chi connectivity index (χ4n) is 4.72. The molecule has 1 saturated heterocycles. The zero-order valence-corrected chi connectivity index (χ0v) is 20.6. The summed E-state index contributed by atoms with van der Waals surface area (Å²) in [5, 5.41) is 7.23. The van der Waals surface area contributed by atoms with E-state index in [1.165, 1.54) is 24.8 Å². The second kappa shape index (κ2) is 10.1. The number of amides is 2. The summed E-state index contributed by atoms with van der Waals surface area (Å²) in [7, 11) is 1.41. The van der Waals surface area contributed by atoms with Gasteiger partial charge in [-0.1, -0.05) is 36.3 Å². The van der Waals surface area contributed by atoms with Crippen molar-refractivity contribution in [3.05, 3.63) is 71.0 Å². The van der Waals surface area contributed by atoms with Gasteiger partial charge >= 0.3 is 6.03 Å². The fourth-order valence-corrected chi connectivity index (χ4v) is 4.72. The molecule has 5 rings (SSSR count). The molecule has 2 aliphatic rings. The number of hydrogen-bond donors (Lipinski definition) is 1. The van der Waals surface area contributed by atoms with E-state index in [9.17, 15) is 9.18 Å². The number of nitrogens with one attached hydrogen (secondary N) is 1. The summed E-state index contributed by atoms with van der Waals surface area (Å²) < 4.78 is 30.8. The summed E-state index contributed by atoms with van der Waals surface area (Å²) in [5.41, 5.74) is 3.98. The van der Waals surface area contributed by atoms with Gasteiger partial charge in [0, 0.05) is 17.9 Å². The first kappa shape index (κ1) is 24.0. The van der Waals surface area contributed by atoms with Crippen LogP contribution in [0.1, 0.15) is 49.7 Å². The number of carbonyl (C=O) groups excluding carboxylic acids is 1. The van der Waals surface area contributed by atoms with Gasteiger partial charge in [-0.3, -0.25) is 4.90 Å². The SMILES string of the molecule is CCc1ccc(C2NC(=O)N(CC3CCCO3)C(C)=C2c2nc(-c3ccc(OC)c(F)c3)no2)cc1. The number of benzene rings is 2. The number of nitrogens with zero attached hydrogens (tertiary/aromatic N) is 3. The minimum atomic E-state index is -0.515. The van der Waals surface area contributed by atoms with Gasteiger partial charge in [0.25, 0.3) is 5.89 Å². The molecule has 2 aromatic carbocycles. The molecule has 3 aromatic rings. The first-order valence-electron chi connectivity index (χ1n) is 12.2. The Morgan fingerprint density at radius 1 is 1.22 bits per heavy atom. The molecule has 2 unspecified atom stereocenters. The number of hydrogen-bond acceptors (Lipinski definition) is 6. The molecule has 1 aromatic heterocycles. The summed E-state index contributed by atoms with van der Waals surface area (Å²) in [6.45, 7) is 5.12. The molecule has 9 heteroatoms. The Balaban J connectivity index is 1.55. The largest absolute Gasteiger partial charge is 0.494 e. The maximum Gasteiger partial charge on any atom is 0.322 e. The van der Waals surface area contributed by atoms with E-state index in [2.05, 4.69) is 22.4 Å². The number of aryl methyl sites for hydroxylation is 1. The Hall–Kier alpha value is -3.72. The summed E-state index contributed by atoms with van der Waals surface area (Å²) in [6.07, 6.45) is 2.78. The maximum absolute atomic E-state index is 14.3. The van der Waals surface area contributed by atoms with Gasteiger partial charge in [-0.15, -0.1) is 0 Å². The van der Waals surface area contributed by atoms with Crippen LogP contribution >= 0.6 is 0 Å². The molecule has 0 saturated carbocycles. The summed E-state index contributed by atoms with van der Waals surface area (Å²) in [5.74, 6) is 0.129. The van der Waals surface area contributed by atoms with Crippen molar-refractivity contribution in [2.24, 2.45) is 0 Å². The fraction of sp³-hybridized carbons (Fsp3) is 0.370. The highest BCUT2D eigenvalue weighted by Gasteiger charge is 2.37. The van der Waals surface area contributed by atoms with E-state index in [-0.39, 0.29) is 29.6 Å². The molecule has 188 valence electrons. The predicted octanol–water partition coefficient (Wildman–Crippen LogP) is 5.12. The standard InChI is InChI=1S/C27H29FN4O4/c1-4-17-7-9-18(10-8-17)24-23(16(2)32(27(33)29-24)15-20-6-5-13-35-20)26-30-25(31-36-26)19-11-12-22(34-3)21(28)14-19/h7-12,14,20,24H,4-6,13,15H2,1-3H3,(H,29,33). The lowest BCUT2D eigenvalue weighted by molar-refractivity contribution is 0.0877. The zero-order chi connectivity index (χ0) is 25.2. The lowest BCUT2D eigenvalue weighted by atomic mass is 9.93. The average molecular weight is 493 g/mol. The molecule has 0 radical (unpaired) electrons. The van der Waals surface area contributed by atoms with Crippen molar-refractivity contribution in [2.75, 3.05) is 20.3 Å². The summed E-state index contributed by atoms with van der Waals surface area (Å²) in [4.78, 5) is 19.5. The molecule has 36 heavy (non-hydrogen) atoms. The molecular weight excluding hydrogens is 463 g/mol. The van der Waals surface area contributed by atoms with Gasteiger partial charge in [-0.05, 0) is 55.5 Å². The monoisotopic (exact) mass is 492 g/mol. The number of rotatable bonds is 7. The zero-order valence-electron chi connectivity index (χ0n) is 20.6. The van der Waals surface area contributed by atoms with Crippen molar-refractivity contribution in [1.29, 1.82) is 0 Å². The summed E-state index contributed by atoms with van der Waals surface area (Å²) >= 11 is 0. The third-order valence-corrected chi connectivity index (χ3v) is 6.79. The highest BCUT2D eigenvalue weighted by Crippen LogP contribution is 2.38. The third-order valence-electron chi connectivity index (χ3n) is 6.79. The number of carbonyl (C=O) groups is 1. The van der Waals surface area contributed by atoms with Crippen LogP contribution in [0, 0.1) is 5.82 Å². The lowest BCUT2D eigenvalue weighted by Gasteiger charge is -2.36. The minimum Gasteiger partial charge on any atom is -0.494 e. The van der Waals surface area contributed by atoms with Crippen LogP contribution in [0.25, 0.3) is 17.0 Å². The van der Waals surface area contributed by atoms with Gasteiger partial charge in [0.15, 0.2) is 11.6 Å². The molecule has 0 spiro atoms. The van der Waals surface area contributed by atoms with Crippen molar-refractivity contribution in [2.45, 2.75) is 45.3 Å². The van der Waals surface area contributed by atoms with E-state index >= 15 is 0 Å². The van der Waals surface area contributed by atoms with Crippen LogP contribution in [-0.2, 0) is 11.2 Å². The number of ether oxygens (including phenoxy) is 2. The Morgan fingerprint density at radius 3 is 2.69 bits per heavy atom. The Kier molecular flexibility index (Phi) is 6.73. The van der Waals surface area contributed by atoms with Crippen LogP contribution in [-0.4, -0.2) is 47.4 Å². The Morgan fingerprint density at radius 2 is 2.03 bits per heavy atom. The molecule has 2 amide bonds. The van der Waals surface area contributed by atoms with Gasteiger partial charge in [-0.25, -0.2) is 9.18 Å². The average Bonchev–Trinajstić information content (AvgIpc) is 3.59. The molecule has 2 atom stereocenters. The molecular formula is C27H29FN4O4. The van der Waals surface area contributed by atoms with E-state index in [4.69, 9.17) is 14.0 Å². The number of urea groups is 1. The smallest absolute Gasteiger partial charge is 0.322 e. The lowest BCUT2D eigenvalue weighted by Crippen LogP contribution is -2.48. The van der Waals surface area contributed by atoms with Gasteiger partial charge in [0.2, 0.25) is 5.82 Å². The van der Waals surface area contributed by atoms with Crippen LogP contribution in [0.5, 0.6) is 5.75 Å². The number of aromatic nitrogens is 2. The molecule has 0 bridgehead atoms. The number of methoxy groups -OCH3 is 1. The van der Waals surface area contributed by atoms with Crippen LogP contribution in [0.3, 0.4) is 0 Å². The highest BCUT2D eigenvalue weighted by molar-refractivity contribution is 5.87. The second-order valence-electron chi connectivity index (χ2n) is 8.99. The normalized spacial score (nSPS) is 20.1.